The maximum absolute atomic E-state index is 10.3. The van der Waals surface area contributed by atoms with Crippen molar-refractivity contribution in [3.63, 3.8) is 0 Å². The number of methoxy groups -OCH3 is 1. The van der Waals surface area contributed by atoms with Gasteiger partial charge in [0, 0.05) is 32.2 Å². The zero-order valence-corrected chi connectivity index (χ0v) is 14.6. The highest BCUT2D eigenvalue weighted by Crippen LogP contribution is 2.45. The number of phenols is 1. The van der Waals surface area contributed by atoms with Gasteiger partial charge in [-0.2, -0.15) is 0 Å². The SMILES string of the molecule is COc1cccc(O)c1[C@H](CC1CC1)N1CCNCC1.Cl.Cl. The molecule has 0 aromatic heterocycles. The van der Waals surface area contributed by atoms with Crippen LogP contribution in [-0.2, 0) is 0 Å². The lowest BCUT2D eigenvalue weighted by Crippen LogP contribution is -2.45. The number of piperazine rings is 1. The van der Waals surface area contributed by atoms with E-state index in [0.717, 1.165) is 49.8 Å². The van der Waals surface area contributed by atoms with Crippen LogP contribution in [-0.4, -0.2) is 43.3 Å². The van der Waals surface area contributed by atoms with Crippen molar-refractivity contribution in [1.29, 1.82) is 0 Å². The van der Waals surface area contributed by atoms with E-state index in [4.69, 9.17) is 4.74 Å². The predicted octanol–water partition coefficient (Wildman–Crippen LogP) is 2.99. The van der Waals surface area contributed by atoms with Crippen molar-refractivity contribution in [3.8, 4) is 11.5 Å². The molecule has 0 unspecified atom stereocenters. The number of phenolic OH excluding ortho intramolecular Hbond substituents is 1. The lowest BCUT2D eigenvalue weighted by Gasteiger charge is -2.36. The average molecular weight is 349 g/mol. The van der Waals surface area contributed by atoms with Gasteiger partial charge in [0.05, 0.1) is 12.7 Å². The summed E-state index contributed by atoms with van der Waals surface area (Å²) in [6.45, 7) is 4.12. The van der Waals surface area contributed by atoms with Gasteiger partial charge in [-0.25, -0.2) is 0 Å². The molecule has 1 aliphatic carbocycles. The largest absolute Gasteiger partial charge is 0.507 e. The number of halogens is 2. The molecule has 1 aromatic rings. The van der Waals surface area contributed by atoms with Gasteiger partial charge in [0.1, 0.15) is 11.5 Å². The summed E-state index contributed by atoms with van der Waals surface area (Å²) in [7, 11) is 1.68. The van der Waals surface area contributed by atoms with Gasteiger partial charge in [-0.1, -0.05) is 18.9 Å². The number of nitrogens with one attached hydrogen (secondary N) is 1. The topological polar surface area (TPSA) is 44.7 Å². The molecule has 1 aromatic carbocycles. The van der Waals surface area contributed by atoms with Crippen molar-refractivity contribution >= 4 is 24.8 Å². The van der Waals surface area contributed by atoms with Crippen molar-refractivity contribution in [2.75, 3.05) is 33.3 Å². The van der Waals surface area contributed by atoms with Crippen molar-refractivity contribution in [3.05, 3.63) is 23.8 Å². The molecule has 1 aliphatic heterocycles. The third-order valence-electron chi connectivity index (χ3n) is 4.44. The Morgan fingerprint density at radius 1 is 1.27 bits per heavy atom. The predicted molar refractivity (Wildman–Crippen MR) is 93.7 cm³/mol. The highest BCUT2D eigenvalue weighted by molar-refractivity contribution is 5.85. The second-order valence-corrected chi connectivity index (χ2v) is 5.87. The molecule has 2 aliphatic rings. The summed E-state index contributed by atoms with van der Waals surface area (Å²) in [5.74, 6) is 2.00. The number of hydrogen-bond donors (Lipinski definition) is 2. The van der Waals surface area contributed by atoms with Crippen molar-refractivity contribution in [2.45, 2.75) is 25.3 Å². The van der Waals surface area contributed by atoms with E-state index in [0.29, 0.717) is 5.75 Å². The van der Waals surface area contributed by atoms with Gasteiger partial charge in [-0.3, -0.25) is 4.90 Å². The minimum absolute atomic E-state index is 0. The van der Waals surface area contributed by atoms with Gasteiger partial charge >= 0.3 is 0 Å². The van der Waals surface area contributed by atoms with Crippen LogP contribution in [0.2, 0.25) is 0 Å². The third kappa shape index (κ3) is 4.42. The summed E-state index contributed by atoms with van der Waals surface area (Å²) in [6.07, 6.45) is 3.80. The molecule has 2 N–H and O–H groups in total. The quantitative estimate of drug-likeness (QED) is 0.858. The fourth-order valence-corrected chi connectivity index (χ4v) is 3.16. The molecule has 126 valence electrons. The molecule has 1 saturated carbocycles. The van der Waals surface area contributed by atoms with Crippen LogP contribution in [0, 0.1) is 5.92 Å². The zero-order valence-electron chi connectivity index (χ0n) is 13.0. The third-order valence-corrected chi connectivity index (χ3v) is 4.44. The number of aromatic hydroxyl groups is 1. The van der Waals surface area contributed by atoms with E-state index in [2.05, 4.69) is 10.2 Å². The van der Waals surface area contributed by atoms with Crippen molar-refractivity contribution in [1.82, 2.24) is 10.2 Å². The number of ether oxygens (including phenoxy) is 1. The number of hydrogen-bond acceptors (Lipinski definition) is 4. The highest BCUT2D eigenvalue weighted by Gasteiger charge is 2.33. The summed E-state index contributed by atoms with van der Waals surface area (Å²) in [4.78, 5) is 2.49. The minimum Gasteiger partial charge on any atom is -0.507 e. The van der Waals surface area contributed by atoms with Crippen LogP contribution in [0.25, 0.3) is 0 Å². The molecule has 3 rings (SSSR count). The van der Waals surface area contributed by atoms with Crippen LogP contribution in [0.5, 0.6) is 11.5 Å². The van der Waals surface area contributed by atoms with E-state index >= 15 is 0 Å². The second kappa shape index (κ2) is 8.82. The Hall–Kier alpha value is -0.680. The van der Waals surface area contributed by atoms with Crippen LogP contribution in [0.15, 0.2) is 18.2 Å². The molecule has 2 fully saturated rings. The Balaban J connectivity index is 0.00000121. The van der Waals surface area contributed by atoms with E-state index in [1.807, 2.05) is 12.1 Å². The molecule has 0 spiro atoms. The maximum atomic E-state index is 10.3. The lowest BCUT2D eigenvalue weighted by molar-refractivity contribution is 0.155. The molecule has 0 bridgehead atoms. The van der Waals surface area contributed by atoms with Gasteiger partial charge in [0.25, 0.3) is 0 Å². The van der Waals surface area contributed by atoms with Crippen LogP contribution >= 0.6 is 24.8 Å². The van der Waals surface area contributed by atoms with Gasteiger partial charge in [0.15, 0.2) is 0 Å². The summed E-state index contributed by atoms with van der Waals surface area (Å²) in [6, 6.07) is 5.86. The monoisotopic (exact) mass is 348 g/mol. The Kier molecular flexibility index (Phi) is 7.77. The van der Waals surface area contributed by atoms with Crippen molar-refractivity contribution < 1.29 is 9.84 Å². The molecule has 4 nitrogen and oxygen atoms in total. The Bertz CT molecular complexity index is 463. The summed E-state index contributed by atoms with van der Waals surface area (Å²) in [5, 5.41) is 13.7. The van der Waals surface area contributed by atoms with Gasteiger partial charge in [-0.05, 0) is 24.5 Å². The summed E-state index contributed by atoms with van der Waals surface area (Å²) in [5.41, 5.74) is 0.976. The zero-order chi connectivity index (χ0) is 13.9. The first-order valence-corrected chi connectivity index (χ1v) is 7.60. The standard InChI is InChI=1S/C16H24N2O2.2ClH/c1-20-15-4-2-3-14(19)16(15)13(11-12-5-6-12)18-9-7-17-8-10-18;;/h2-4,12-13,17,19H,5-11H2,1H3;2*1H/t13-;;/m0../s1. The fourth-order valence-electron chi connectivity index (χ4n) is 3.16. The average Bonchev–Trinajstić information content (AvgIpc) is 3.30. The Morgan fingerprint density at radius 3 is 2.55 bits per heavy atom. The molecule has 1 saturated heterocycles. The smallest absolute Gasteiger partial charge is 0.127 e. The lowest BCUT2D eigenvalue weighted by atomic mass is 9.96. The minimum atomic E-state index is 0. The van der Waals surface area contributed by atoms with Gasteiger partial charge < -0.3 is 15.2 Å². The molecule has 0 radical (unpaired) electrons. The summed E-state index contributed by atoms with van der Waals surface area (Å²) < 4.78 is 5.50. The molecule has 22 heavy (non-hydrogen) atoms. The highest BCUT2D eigenvalue weighted by atomic mass is 35.5. The van der Waals surface area contributed by atoms with Crippen LogP contribution < -0.4 is 10.1 Å². The molecule has 6 heteroatoms. The van der Waals surface area contributed by atoms with Gasteiger partial charge in [0.2, 0.25) is 0 Å². The van der Waals surface area contributed by atoms with E-state index in [9.17, 15) is 5.11 Å². The summed E-state index contributed by atoms with van der Waals surface area (Å²) >= 11 is 0. The number of nitrogens with zero attached hydrogens (tertiary/aromatic N) is 1. The normalized spacial score (nSPS) is 19.7. The molecule has 1 heterocycles. The molecular formula is C16H26Cl2N2O2. The molecule has 1 atom stereocenters. The second-order valence-electron chi connectivity index (χ2n) is 5.87. The van der Waals surface area contributed by atoms with Crippen molar-refractivity contribution in [2.24, 2.45) is 5.92 Å². The first-order chi connectivity index (χ1) is 9.79. The Labute approximate surface area is 145 Å². The van der Waals surface area contributed by atoms with Crippen LogP contribution in [0.1, 0.15) is 30.9 Å². The van der Waals surface area contributed by atoms with E-state index in [-0.39, 0.29) is 30.9 Å². The molecular weight excluding hydrogens is 323 g/mol. The van der Waals surface area contributed by atoms with E-state index in [1.54, 1.807) is 13.2 Å². The Morgan fingerprint density at radius 2 is 1.95 bits per heavy atom. The van der Waals surface area contributed by atoms with Crippen LogP contribution in [0.3, 0.4) is 0 Å². The first-order valence-electron chi connectivity index (χ1n) is 7.60. The van der Waals surface area contributed by atoms with Gasteiger partial charge in [-0.15, -0.1) is 24.8 Å². The number of rotatable bonds is 5. The number of benzene rings is 1. The fraction of sp³-hybridized carbons (Fsp3) is 0.625. The van der Waals surface area contributed by atoms with E-state index < -0.39 is 0 Å². The first kappa shape index (κ1) is 19.4. The van der Waals surface area contributed by atoms with Crippen LogP contribution in [0.4, 0.5) is 0 Å². The van der Waals surface area contributed by atoms with E-state index in [1.165, 1.54) is 12.8 Å². The maximum Gasteiger partial charge on any atom is 0.127 e. The molecule has 0 amide bonds.